The van der Waals surface area contributed by atoms with E-state index in [2.05, 4.69) is 27.7 Å². The van der Waals surface area contributed by atoms with Gasteiger partial charge in [0.25, 0.3) is 0 Å². The van der Waals surface area contributed by atoms with E-state index >= 15 is 0 Å². The SMILES string of the molecule is CCC1(C)C(O)CC1OC1CCC(C)C(C)C1. The maximum absolute atomic E-state index is 9.88. The van der Waals surface area contributed by atoms with Gasteiger partial charge >= 0.3 is 0 Å². The number of rotatable bonds is 3. The Hall–Kier alpha value is -0.0800. The second-order valence-corrected chi connectivity index (χ2v) is 6.63. The van der Waals surface area contributed by atoms with Gasteiger partial charge in [0.2, 0.25) is 0 Å². The third-order valence-electron chi connectivity index (χ3n) is 5.60. The third kappa shape index (κ3) is 2.39. The van der Waals surface area contributed by atoms with Crippen LogP contribution in [-0.4, -0.2) is 23.4 Å². The van der Waals surface area contributed by atoms with Crippen LogP contribution in [-0.2, 0) is 4.74 Å². The van der Waals surface area contributed by atoms with Crippen LogP contribution in [0.15, 0.2) is 0 Å². The Morgan fingerprint density at radius 2 is 1.88 bits per heavy atom. The van der Waals surface area contributed by atoms with Crippen molar-refractivity contribution in [2.75, 3.05) is 0 Å². The molecule has 0 amide bonds. The first-order valence-corrected chi connectivity index (χ1v) is 7.31. The molecule has 2 aliphatic rings. The average Bonchev–Trinajstić information content (AvgIpc) is 2.32. The molecular formula is C15H28O2. The fraction of sp³-hybridized carbons (Fsp3) is 1.00. The second kappa shape index (κ2) is 4.89. The maximum Gasteiger partial charge on any atom is 0.0681 e. The highest BCUT2D eigenvalue weighted by Gasteiger charge is 2.51. The summed E-state index contributed by atoms with van der Waals surface area (Å²) in [5.74, 6) is 1.63. The van der Waals surface area contributed by atoms with Gasteiger partial charge in [-0.2, -0.15) is 0 Å². The van der Waals surface area contributed by atoms with Crippen molar-refractivity contribution in [3.05, 3.63) is 0 Å². The summed E-state index contributed by atoms with van der Waals surface area (Å²) in [6, 6.07) is 0. The molecule has 17 heavy (non-hydrogen) atoms. The zero-order valence-corrected chi connectivity index (χ0v) is 11.8. The summed E-state index contributed by atoms with van der Waals surface area (Å²) < 4.78 is 6.26. The van der Waals surface area contributed by atoms with Crippen LogP contribution in [0, 0.1) is 17.3 Å². The smallest absolute Gasteiger partial charge is 0.0681 e. The lowest BCUT2D eigenvalue weighted by molar-refractivity contribution is -0.210. The predicted molar refractivity (Wildman–Crippen MR) is 69.9 cm³/mol. The van der Waals surface area contributed by atoms with Crippen molar-refractivity contribution < 1.29 is 9.84 Å². The van der Waals surface area contributed by atoms with E-state index < -0.39 is 0 Å². The van der Waals surface area contributed by atoms with Gasteiger partial charge in [-0.05, 0) is 37.5 Å². The molecule has 0 spiro atoms. The van der Waals surface area contributed by atoms with E-state index in [9.17, 15) is 5.11 Å². The van der Waals surface area contributed by atoms with Gasteiger partial charge in [0.15, 0.2) is 0 Å². The zero-order valence-electron chi connectivity index (χ0n) is 11.8. The molecule has 0 aromatic carbocycles. The number of hydrogen-bond acceptors (Lipinski definition) is 2. The summed E-state index contributed by atoms with van der Waals surface area (Å²) in [5, 5.41) is 9.88. The first-order chi connectivity index (χ1) is 7.97. The lowest BCUT2D eigenvalue weighted by Crippen LogP contribution is -2.57. The molecule has 0 bridgehead atoms. The second-order valence-electron chi connectivity index (χ2n) is 6.63. The molecule has 0 radical (unpaired) electrons. The lowest BCUT2D eigenvalue weighted by atomic mass is 9.63. The van der Waals surface area contributed by atoms with Crippen molar-refractivity contribution in [2.45, 2.75) is 78.1 Å². The van der Waals surface area contributed by atoms with Gasteiger partial charge in [0.1, 0.15) is 0 Å². The predicted octanol–water partition coefficient (Wildman–Crippen LogP) is 3.38. The fourth-order valence-electron chi connectivity index (χ4n) is 3.32. The van der Waals surface area contributed by atoms with E-state index in [1.54, 1.807) is 0 Å². The van der Waals surface area contributed by atoms with Crippen LogP contribution in [0.25, 0.3) is 0 Å². The summed E-state index contributed by atoms with van der Waals surface area (Å²) in [6.45, 7) is 9.02. The van der Waals surface area contributed by atoms with Crippen LogP contribution in [0.3, 0.4) is 0 Å². The highest BCUT2D eigenvalue weighted by molar-refractivity contribution is 5.01. The Morgan fingerprint density at radius 1 is 1.18 bits per heavy atom. The molecule has 0 aromatic heterocycles. The van der Waals surface area contributed by atoms with Gasteiger partial charge in [-0.25, -0.2) is 0 Å². The van der Waals surface area contributed by atoms with Crippen molar-refractivity contribution in [3.8, 4) is 0 Å². The van der Waals surface area contributed by atoms with Crippen molar-refractivity contribution in [1.29, 1.82) is 0 Å². The number of aliphatic hydroxyl groups is 1. The summed E-state index contributed by atoms with van der Waals surface area (Å²) >= 11 is 0. The van der Waals surface area contributed by atoms with Gasteiger partial charge in [0.05, 0.1) is 18.3 Å². The van der Waals surface area contributed by atoms with E-state index in [1.807, 2.05) is 0 Å². The van der Waals surface area contributed by atoms with Gasteiger partial charge in [-0.15, -0.1) is 0 Å². The van der Waals surface area contributed by atoms with Crippen LogP contribution in [0.5, 0.6) is 0 Å². The Balaban J connectivity index is 1.86. The number of hydrogen-bond donors (Lipinski definition) is 1. The lowest BCUT2D eigenvalue weighted by Gasteiger charge is -2.52. The zero-order chi connectivity index (χ0) is 12.6. The summed E-state index contributed by atoms with van der Waals surface area (Å²) in [7, 11) is 0. The van der Waals surface area contributed by atoms with E-state index in [4.69, 9.17) is 4.74 Å². The molecular weight excluding hydrogens is 212 g/mol. The van der Waals surface area contributed by atoms with E-state index in [-0.39, 0.29) is 17.6 Å². The van der Waals surface area contributed by atoms with E-state index in [0.29, 0.717) is 6.10 Å². The largest absolute Gasteiger partial charge is 0.392 e. The fourth-order valence-corrected chi connectivity index (χ4v) is 3.32. The molecule has 2 aliphatic carbocycles. The van der Waals surface area contributed by atoms with E-state index in [0.717, 1.165) is 24.7 Å². The highest BCUT2D eigenvalue weighted by Crippen LogP contribution is 2.47. The van der Waals surface area contributed by atoms with E-state index in [1.165, 1.54) is 19.3 Å². The minimum absolute atomic E-state index is 0.00625. The molecule has 6 unspecified atom stereocenters. The van der Waals surface area contributed by atoms with Crippen LogP contribution < -0.4 is 0 Å². The monoisotopic (exact) mass is 240 g/mol. The third-order valence-corrected chi connectivity index (χ3v) is 5.60. The molecule has 1 N–H and O–H groups in total. The van der Waals surface area contributed by atoms with Crippen molar-refractivity contribution in [3.63, 3.8) is 0 Å². The molecule has 0 saturated heterocycles. The van der Waals surface area contributed by atoms with Crippen LogP contribution in [0.4, 0.5) is 0 Å². The minimum Gasteiger partial charge on any atom is -0.392 e. The normalized spacial score (nSPS) is 51.0. The molecule has 0 heterocycles. The molecule has 6 atom stereocenters. The van der Waals surface area contributed by atoms with Crippen molar-refractivity contribution in [2.24, 2.45) is 17.3 Å². The molecule has 2 nitrogen and oxygen atoms in total. The van der Waals surface area contributed by atoms with Gasteiger partial charge in [0, 0.05) is 11.8 Å². The maximum atomic E-state index is 9.88. The number of ether oxygens (including phenoxy) is 1. The molecule has 2 rings (SSSR count). The molecule has 0 aromatic rings. The van der Waals surface area contributed by atoms with Gasteiger partial charge in [-0.3, -0.25) is 0 Å². The van der Waals surface area contributed by atoms with Crippen LogP contribution >= 0.6 is 0 Å². The molecule has 2 heteroatoms. The van der Waals surface area contributed by atoms with Crippen LogP contribution in [0.1, 0.15) is 59.8 Å². The standard InChI is InChI=1S/C15H28O2/c1-5-15(4)13(16)9-14(15)17-12-7-6-10(2)11(3)8-12/h10-14,16H,5-9H2,1-4H3. The van der Waals surface area contributed by atoms with Crippen molar-refractivity contribution >= 4 is 0 Å². The highest BCUT2D eigenvalue weighted by atomic mass is 16.5. The van der Waals surface area contributed by atoms with Gasteiger partial charge in [-0.1, -0.05) is 27.7 Å². The van der Waals surface area contributed by atoms with Crippen molar-refractivity contribution in [1.82, 2.24) is 0 Å². The molecule has 2 fully saturated rings. The van der Waals surface area contributed by atoms with Crippen LogP contribution in [0.2, 0.25) is 0 Å². The summed E-state index contributed by atoms with van der Waals surface area (Å²) in [6.07, 6.45) is 6.12. The Labute approximate surface area is 106 Å². The first-order valence-electron chi connectivity index (χ1n) is 7.31. The molecule has 0 aliphatic heterocycles. The summed E-state index contributed by atoms with van der Waals surface area (Å²) in [4.78, 5) is 0. The minimum atomic E-state index is -0.155. The quantitative estimate of drug-likeness (QED) is 0.819. The Morgan fingerprint density at radius 3 is 2.41 bits per heavy atom. The molecule has 100 valence electrons. The number of aliphatic hydroxyl groups excluding tert-OH is 1. The van der Waals surface area contributed by atoms with Gasteiger partial charge < -0.3 is 9.84 Å². The topological polar surface area (TPSA) is 29.5 Å². The summed E-state index contributed by atoms with van der Waals surface area (Å²) in [5.41, 5.74) is 0.00625. The Kier molecular flexibility index (Phi) is 3.84. The first kappa shape index (κ1) is 13.4. The Bertz CT molecular complexity index is 266. The average molecular weight is 240 g/mol. The molecule has 2 saturated carbocycles.